The van der Waals surface area contributed by atoms with Crippen LogP contribution in [-0.4, -0.2) is 36.0 Å². The molecule has 1 aromatic heterocycles. The summed E-state index contributed by atoms with van der Waals surface area (Å²) in [6, 6.07) is 17.0. The Bertz CT molecular complexity index is 1480. The van der Waals surface area contributed by atoms with Gasteiger partial charge in [0.25, 0.3) is 0 Å². The number of nitrogens with zero attached hydrogens (tertiary/aromatic N) is 3. The van der Waals surface area contributed by atoms with Gasteiger partial charge in [0, 0.05) is 12.1 Å². The van der Waals surface area contributed by atoms with Gasteiger partial charge in [-0.05, 0) is 60.9 Å². The molecule has 34 heavy (non-hydrogen) atoms. The van der Waals surface area contributed by atoms with Crippen molar-refractivity contribution in [1.82, 2.24) is 15.0 Å². The van der Waals surface area contributed by atoms with E-state index in [0.29, 0.717) is 18.3 Å². The minimum absolute atomic E-state index is 0.00429. The van der Waals surface area contributed by atoms with Crippen molar-refractivity contribution in [3.8, 4) is 17.1 Å². The zero-order valence-corrected chi connectivity index (χ0v) is 19.2. The largest absolute Gasteiger partial charge is 0.379 e. The van der Waals surface area contributed by atoms with Gasteiger partial charge in [0.2, 0.25) is 11.7 Å². The molecule has 0 radical (unpaired) electrons. The molecule has 4 aromatic rings. The second-order valence-corrected chi connectivity index (χ2v) is 9.81. The molecule has 0 spiro atoms. The number of rotatable bonds is 5. The standard InChI is InChI=1S/C24H23N5O4S/c1-15-4-10-20(11-5-15)34(30,31)33-19-9-8-16-13-18(7-6-17(16)14-19)22-27-23(32-28-22)21-3-2-12-29(21)24(25)26/h4-11,13-14,21H,2-3,12H2,1H3,(H3,25,26)/t21-/m0/s1. The number of likely N-dealkylation sites (tertiary alicyclic amines) is 1. The van der Waals surface area contributed by atoms with Crippen LogP contribution >= 0.6 is 0 Å². The Balaban J connectivity index is 1.38. The first-order valence-corrected chi connectivity index (χ1v) is 12.2. The van der Waals surface area contributed by atoms with Crippen LogP contribution < -0.4 is 9.92 Å². The molecule has 9 nitrogen and oxygen atoms in total. The second-order valence-electron chi connectivity index (χ2n) is 8.27. The van der Waals surface area contributed by atoms with E-state index in [1.165, 1.54) is 12.1 Å². The van der Waals surface area contributed by atoms with Crippen molar-refractivity contribution in [1.29, 1.82) is 5.41 Å². The predicted molar refractivity (Wildman–Crippen MR) is 127 cm³/mol. The molecule has 0 bridgehead atoms. The lowest BCUT2D eigenvalue weighted by Gasteiger charge is -2.21. The first-order chi connectivity index (χ1) is 16.3. The maximum atomic E-state index is 12.6. The fourth-order valence-corrected chi connectivity index (χ4v) is 5.02. The molecule has 174 valence electrons. The number of guanidine groups is 1. The monoisotopic (exact) mass is 477 g/mol. The highest BCUT2D eigenvalue weighted by molar-refractivity contribution is 7.87. The van der Waals surface area contributed by atoms with Gasteiger partial charge < -0.3 is 19.3 Å². The Morgan fingerprint density at radius 3 is 2.62 bits per heavy atom. The molecule has 0 unspecified atom stereocenters. The van der Waals surface area contributed by atoms with Crippen molar-refractivity contribution in [2.75, 3.05) is 6.54 Å². The molecule has 10 heteroatoms. The summed E-state index contributed by atoms with van der Waals surface area (Å²) in [5, 5.41) is 13.5. The number of aromatic nitrogens is 2. The van der Waals surface area contributed by atoms with Crippen LogP contribution in [0.1, 0.15) is 30.3 Å². The van der Waals surface area contributed by atoms with Crippen molar-refractivity contribution < 1.29 is 17.1 Å². The van der Waals surface area contributed by atoms with Crippen molar-refractivity contribution in [3.63, 3.8) is 0 Å². The summed E-state index contributed by atoms with van der Waals surface area (Å²) in [6.07, 6.45) is 1.70. The summed E-state index contributed by atoms with van der Waals surface area (Å²) in [7, 11) is -3.93. The molecule has 3 N–H and O–H groups in total. The topological polar surface area (TPSA) is 135 Å². The Hall–Kier alpha value is -3.92. The quantitative estimate of drug-likeness (QED) is 0.250. The van der Waals surface area contributed by atoms with E-state index in [2.05, 4.69) is 10.1 Å². The predicted octanol–water partition coefficient (Wildman–Crippen LogP) is 4.00. The number of fused-ring (bicyclic) bond motifs is 1. The van der Waals surface area contributed by atoms with Crippen LogP contribution in [0, 0.1) is 12.3 Å². The van der Waals surface area contributed by atoms with Crippen molar-refractivity contribution in [3.05, 3.63) is 72.1 Å². The molecular formula is C24H23N5O4S. The molecule has 3 aromatic carbocycles. The minimum atomic E-state index is -3.93. The van der Waals surface area contributed by atoms with E-state index in [1.54, 1.807) is 35.2 Å². The summed E-state index contributed by atoms with van der Waals surface area (Å²) in [6.45, 7) is 2.58. The van der Waals surface area contributed by atoms with Crippen LogP contribution in [-0.2, 0) is 10.1 Å². The summed E-state index contributed by atoms with van der Waals surface area (Å²) in [5.74, 6) is 1.10. The molecule has 1 fully saturated rings. The highest BCUT2D eigenvalue weighted by Crippen LogP contribution is 2.32. The Morgan fingerprint density at radius 1 is 1.12 bits per heavy atom. The van der Waals surface area contributed by atoms with Gasteiger partial charge in [-0.15, -0.1) is 0 Å². The third kappa shape index (κ3) is 4.19. The average molecular weight is 478 g/mol. The zero-order valence-electron chi connectivity index (χ0n) is 18.4. The molecule has 5 rings (SSSR count). The fourth-order valence-electron chi connectivity index (χ4n) is 4.09. The normalized spacial score (nSPS) is 16.1. The Kier molecular flexibility index (Phi) is 5.45. The smallest absolute Gasteiger partial charge is 0.339 e. The summed E-state index contributed by atoms with van der Waals surface area (Å²) in [4.78, 5) is 6.39. The van der Waals surface area contributed by atoms with Gasteiger partial charge in [0.15, 0.2) is 5.96 Å². The van der Waals surface area contributed by atoms with Gasteiger partial charge in [-0.2, -0.15) is 13.4 Å². The minimum Gasteiger partial charge on any atom is -0.379 e. The van der Waals surface area contributed by atoms with E-state index in [9.17, 15) is 8.42 Å². The molecule has 1 saturated heterocycles. The Morgan fingerprint density at radius 2 is 1.85 bits per heavy atom. The second kappa shape index (κ2) is 8.45. The lowest BCUT2D eigenvalue weighted by molar-refractivity contribution is 0.283. The molecular weight excluding hydrogens is 454 g/mol. The molecule has 1 atom stereocenters. The highest BCUT2D eigenvalue weighted by Gasteiger charge is 2.31. The van der Waals surface area contributed by atoms with E-state index in [0.717, 1.165) is 34.7 Å². The first kappa shape index (κ1) is 21.9. The fraction of sp³-hybridized carbons (Fsp3) is 0.208. The van der Waals surface area contributed by atoms with Crippen LogP contribution in [0.5, 0.6) is 5.75 Å². The van der Waals surface area contributed by atoms with E-state index in [4.69, 9.17) is 19.8 Å². The van der Waals surface area contributed by atoms with Gasteiger partial charge in [-0.25, -0.2) is 0 Å². The van der Waals surface area contributed by atoms with Crippen LogP contribution in [0.3, 0.4) is 0 Å². The lowest BCUT2D eigenvalue weighted by atomic mass is 10.1. The number of hydrogen-bond donors (Lipinski definition) is 2. The average Bonchev–Trinajstić information content (AvgIpc) is 3.48. The molecule has 1 aliphatic rings. The molecule has 2 heterocycles. The Labute approximate surface area is 196 Å². The van der Waals surface area contributed by atoms with Gasteiger partial charge >= 0.3 is 10.1 Å². The van der Waals surface area contributed by atoms with Crippen molar-refractivity contribution in [2.45, 2.75) is 30.7 Å². The molecule has 1 aliphatic heterocycles. The van der Waals surface area contributed by atoms with Gasteiger partial charge in [0.1, 0.15) is 16.7 Å². The number of nitrogens with two attached hydrogens (primary N) is 1. The lowest BCUT2D eigenvalue weighted by Crippen LogP contribution is -2.35. The third-order valence-corrected chi connectivity index (χ3v) is 7.14. The SMILES string of the molecule is Cc1ccc(S(=O)(=O)Oc2ccc3cc(-c4noc([C@@H]5CCCN5C(=N)N)n4)ccc3c2)cc1. The van der Waals surface area contributed by atoms with E-state index in [1.807, 2.05) is 25.1 Å². The van der Waals surface area contributed by atoms with E-state index in [-0.39, 0.29) is 22.6 Å². The summed E-state index contributed by atoms with van der Waals surface area (Å²) in [5.41, 5.74) is 7.39. The van der Waals surface area contributed by atoms with Gasteiger partial charge in [-0.3, -0.25) is 5.41 Å². The number of benzene rings is 3. The summed E-state index contributed by atoms with van der Waals surface area (Å²) >= 11 is 0. The summed E-state index contributed by atoms with van der Waals surface area (Å²) < 4.78 is 36.0. The number of hydrogen-bond acceptors (Lipinski definition) is 7. The molecule has 0 saturated carbocycles. The number of aryl methyl sites for hydroxylation is 1. The highest BCUT2D eigenvalue weighted by atomic mass is 32.2. The molecule has 0 aliphatic carbocycles. The van der Waals surface area contributed by atoms with Crippen molar-refractivity contribution in [2.24, 2.45) is 5.73 Å². The maximum absolute atomic E-state index is 12.6. The van der Waals surface area contributed by atoms with E-state index >= 15 is 0 Å². The molecule has 0 amide bonds. The van der Waals surface area contributed by atoms with Gasteiger partial charge in [0.05, 0.1) is 0 Å². The van der Waals surface area contributed by atoms with Crippen LogP contribution in [0.2, 0.25) is 0 Å². The zero-order chi connectivity index (χ0) is 23.9. The van der Waals surface area contributed by atoms with Gasteiger partial charge in [-0.1, -0.05) is 41.1 Å². The van der Waals surface area contributed by atoms with Crippen molar-refractivity contribution >= 4 is 26.9 Å². The first-order valence-electron chi connectivity index (χ1n) is 10.8. The number of nitrogens with one attached hydrogen (secondary N) is 1. The third-order valence-electron chi connectivity index (χ3n) is 5.87. The maximum Gasteiger partial charge on any atom is 0.339 e. The van der Waals surface area contributed by atoms with Crippen LogP contribution in [0.15, 0.2) is 70.1 Å². The van der Waals surface area contributed by atoms with E-state index < -0.39 is 10.1 Å². The van der Waals surface area contributed by atoms with Crippen LogP contribution in [0.25, 0.3) is 22.2 Å². The van der Waals surface area contributed by atoms with Crippen LogP contribution in [0.4, 0.5) is 0 Å².